The lowest BCUT2D eigenvalue weighted by Gasteiger charge is -2.08. The quantitative estimate of drug-likeness (QED) is 0.880. The molecule has 1 aromatic heterocycles. The van der Waals surface area contributed by atoms with Crippen LogP contribution in [0, 0.1) is 0 Å². The Bertz CT molecular complexity index is 529. The Morgan fingerprint density at radius 3 is 2.88 bits per heavy atom. The summed E-state index contributed by atoms with van der Waals surface area (Å²) in [6.07, 6.45) is 2.73. The van der Waals surface area contributed by atoms with Crippen LogP contribution in [0.25, 0.3) is 0 Å². The molecule has 0 aliphatic heterocycles. The van der Waals surface area contributed by atoms with Gasteiger partial charge in [-0.3, -0.25) is 0 Å². The fourth-order valence-corrected chi connectivity index (χ4v) is 2.19. The SMILES string of the molecule is CCc1cccc(Nc2ncc(Br)cc2Cl)c1. The third kappa shape index (κ3) is 3.20. The van der Waals surface area contributed by atoms with Gasteiger partial charge in [0.15, 0.2) is 0 Å². The molecule has 17 heavy (non-hydrogen) atoms. The molecule has 0 bridgehead atoms. The molecule has 0 fully saturated rings. The normalized spacial score (nSPS) is 10.3. The zero-order valence-corrected chi connectivity index (χ0v) is 11.7. The molecule has 0 atom stereocenters. The number of anilines is 2. The first kappa shape index (κ1) is 12.4. The number of aryl methyl sites for hydroxylation is 1. The predicted octanol–water partition coefficient (Wildman–Crippen LogP) is 4.80. The van der Waals surface area contributed by atoms with Crippen LogP contribution in [0.5, 0.6) is 0 Å². The second kappa shape index (κ2) is 5.52. The zero-order valence-electron chi connectivity index (χ0n) is 9.37. The number of nitrogens with one attached hydrogen (secondary N) is 1. The first-order valence-electron chi connectivity index (χ1n) is 5.36. The third-order valence-corrected chi connectivity index (χ3v) is 3.13. The summed E-state index contributed by atoms with van der Waals surface area (Å²) in [4.78, 5) is 4.24. The van der Waals surface area contributed by atoms with Crippen molar-refractivity contribution in [2.45, 2.75) is 13.3 Å². The van der Waals surface area contributed by atoms with Crippen molar-refractivity contribution in [2.24, 2.45) is 0 Å². The average Bonchev–Trinajstić information content (AvgIpc) is 2.33. The lowest BCUT2D eigenvalue weighted by Crippen LogP contribution is -1.95. The van der Waals surface area contributed by atoms with Crippen molar-refractivity contribution in [3.63, 3.8) is 0 Å². The molecule has 2 nitrogen and oxygen atoms in total. The topological polar surface area (TPSA) is 24.9 Å². The van der Waals surface area contributed by atoms with E-state index in [9.17, 15) is 0 Å². The zero-order chi connectivity index (χ0) is 12.3. The van der Waals surface area contributed by atoms with Crippen LogP contribution < -0.4 is 5.32 Å². The van der Waals surface area contributed by atoms with Crippen molar-refractivity contribution in [1.29, 1.82) is 0 Å². The fourth-order valence-electron chi connectivity index (χ4n) is 1.51. The highest BCUT2D eigenvalue weighted by Gasteiger charge is 2.03. The molecule has 0 saturated carbocycles. The molecule has 1 heterocycles. The van der Waals surface area contributed by atoms with E-state index in [2.05, 4.69) is 45.3 Å². The molecule has 4 heteroatoms. The molecular formula is C13H12BrClN2. The molecule has 2 aromatic rings. The molecule has 1 N–H and O–H groups in total. The third-order valence-electron chi connectivity index (χ3n) is 2.41. The summed E-state index contributed by atoms with van der Waals surface area (Å²) in [6.45, 7) is 2.13. The van der Waals surface area contributed by atoms with Gasteiger partial charge in [-0.25, -0.2) is 4.98 Å². The van der Waals surface area contributed by atoms with Crippen molar-refractivity contribution in [3.05, 3.63) is 51.6 Å². The van der Waals surface area contributed by atoms with E-state index in [-0.39, 0.29) is 0 Å². The van der Waals surface area contributed by atoms with Crippen molar-refractivity contribution >= 4 is 39.0 Å². The maximum Gasteiger partial charge on any atom is 0.149 e. The lowest BCUT2D eigenvalue weighted by molar-refractivity contribution is 1.14. The number of halogens is 2. The van der Waals surface area contributed by atoms with E-state index in [4.69, 9.17) is 11.6 Å². The van der Waals surface area contributed by atoms with Gasteiger partial charge in [0.25, 0.3) is 0 Å². The molecule has 1 aromatic carbocycles. The second-order valence-electron chi connectivity index (χ2n) is 3.66. The van der Waals surface area contributed by atoms with E-state index in [1.165, 1.54) is 5.56 Å². The molecule has 0 unspecified atom stereocenters. The first-order valence-corrected chi connectivity index (χ1v) is 6.53. The van der Waals surface area contributed by atoms with E-state index < -0.39 is 0 Å². The van der Waals surface area contributed by atoms with Crippen molar-refractivity contribution in [1.82, 2.24) is 4.98 Å². The van der Waals surface area contributed by atoms with Crippen LogP contribution in [-0.4, -0.2) is 4.98 Å². The van der Waals surface area contributed by atoms with Crippen LogP contribution in [-0.2, 0) is 6.42 Å². The minimum Gasteiger partial charge on any atom is -0.339 e. The molecule has 88 valence electrons. The molecule has 0 aliphatic rings. The highest BCUT2D eigenvalue weighted by Crippen LogP contribution is 2.26. The number of nitrogens with zero attached hydrogens (tertiary/aromatic N) is 1. The monoisotopic (exact) mass is 310 g/mol. The Labute approximate surface area is 114 Å². The Morgan fingerprint density at radius 2 is 2.18 bits per heavy atom. The molecular weight excluding hydrogens is 300 g/mol. The standard InChI is InChI=1S/C13H12BrClN2/c1-2-9-4-3-5-11(6-9)17-13-12(15)7-10(14)8-16-13/h3-8H,2H2,1H3,(H,16,17). The number of hydrogen-bond acceptors (Lipinski definition) is 2. The summed E-state index contributed by atoms with van der Waals surface area (Å²) in [5.74, 6) is 0.670. The fraction of sp³-hybridized carbons (Fsp3) is 0.154. The molecule has 0 radical (unpaired) electrons. The van der Waals surface area contributed by atoms with Gasteiger partial charge in [-0.05, 0) is 46.1 Å². The summed E-state index contributed by atoms with van der Waals surface area (Å²) < 4.78 is 0.871. The van der Waals surface area contributed by atoms with E-state index in [0.29, 0.717) is 10.8 Å². The summed E-state index contributed by atoms with van der Waals surface area (Å²) in [7, 11) is 0. The van der Waals surface area contributed by atoms with Gasteiger partial charge >= 0.3 is 0 Å². The van der Waals surface area contributed by atoms with Gasteiger partial charge in [-0.15, -0.1) is 0 Å². The van der Waals surface area contributed by atoms with Crippen molar-refractivity contribution < 1.29 is 0 Å². The number of pyridine rings is 1. The maximum absolute atomic E-state index is 6.10. The maximum atomic E-state index is 6.10. The van der Waals surface area contributed by atoms with Crippen LogP contribution in [0.4, 0.5) is 11.5 Å². The second-order valence-corrected chi connectivity index (χ2v) is 4.99. The van der Waals surface area contributed by atoms with Gasteiger partial charge < -0.3 is 5.32 Å². The number of hydrogen-bond donors (Lipinski definition) is 1. The van der Waals surface area contributed by atoms with Gasteiger partial charge in [0.2, 0.25) is 0 Å². The van der Waals surface area contributed by atoms with Gasteiger partial charge in [0.05, 0.1) is 5.02 Å². The van der Waals surface area contributed by atoms with Crippen molar-refractivity contribution in [3.8, 4) is 0 Å². The Balaban J connectivity index is 2.25. The number of benzene rings is 1. The van der Waals surface area contributed by atoms with Crippen LogP contribution in [0.15, 0.2) is 41.0 Å². The molecule has 2 rings (SSSR count). The number of aromatic nitrogens is 1. The van der Waals surface area contributed by atoms with Crippen molar-refractivity contribution in [2.75, 3.05) is 5.32 Å². The molecule has 0 saturated heterocycles. The molecule has 0 aliphatic carbocycles. The van der Waals surface area contributed by atoms with Crippen LogP contribution in [0.3, 0.4) is 0 Å². The van der Waals surface area contributed by atoms with Crippen LogP contribution in [0.2, 0.25) is 5.02 Å². The predicted molar refractivity (Wildman–Crippen MR) is 76.0 cm³/mol. The first-order chi connectivity index (χ1) is 8.19. The van der Waals surface area contributed by atoms with E-state index in [1.54, 1.807) is 6.20 Å². The highest BCUT2D eigenvalue weighted by molar-refractivity contribution is 9.10. The van der Waals surface area contributed by atoms with Gasteiger partial charge in [-0.1, -0.05) is 30.7 Å². The Morgan fingerprint density at radius 1 is 1.35 bits per heavy atom. The average molecular weight is 312 g/mol. The van der Waals surface area contributed by atoms with Crippen LogP contribution in [0.1, 0.15) is 12.5 Å². The van der Waals surface area contributed by atoms with E-state index in [0.717, 1.165) is 16.6 Å². The summed E-state index contributed by atoms with van der Waals surface area (Å²) >= 11 is 9.43. The Hall–Kier alpha value is -1.06. The summed E-state index contributed by atoms with van der Waals surface area (Å²) in [6, 6.07) is 10.0. The van der Waals surface area contributed by atoms with Gasteiger partial charge in [0.1, 0.15) is 5.82 Å². The van der Waals surface area contributed by atoms with E-state index >= 15 is 0 Å². The lowest BCUT2D eigenvalue weighted by atomic mass is 10.1. The van der Waals surface area contributed by atoms with E-state index in [1.807, 2.05) is 18.2 Å². The molecule has 0 spiro atoms. The van der Waals surface area contributed by atoms with Gasteiger partial charge in [-0.2, -0.15) is 0 Å². The van der Waals surface area contributed by atoms with Gasteiger partial charge in [0, 0.05) is 16.4 Å². The number of rotatable bonds is 3. The van der Waals surface area contributed by atoms with Crippen LogP contribution >= 0.6 is 27.5 Å². The highest BCUT2D eigenvalue weighted by atomic mass is 79.9. The summed E-state index contributed by atoms with van der Waals surface area (Å²) in [5.41, 5.74) is 2.28. The minimum atomic E-state index is 0.598. The minimum absolute atomic E-state index is 0.598. The Kier molecular flexibility index (Phi) is 4.02. The smallest absolute Gasteiger partial charge is 0.149 e. The summed E-state index contributed by atoms with van der Waals surface area (Å²) in [5, 5.41) is 3.81. The molecule has 0 amide bonds. The largest absolute Gasteiger partial charge is 0.339 e.